The first-order valence-electron chi connectivity index (χ1n) is 9.72. The molecule has 0 radical (unpaired) electrons. The molecular weight excluding hydrogens is 366 g/mol. The van der Waals surface area contributed by atoms with E-state index in [4.69, 9.17) is 0 Å². The summed E-state index contributed by atoms with van der Waals surface area (Å²) in [6.45, 7) is 3.36. The van der Waals surface area contributed by atoms with E-state index < -0.39 is 16.2 Å². The zero-order valence-corrected chi connectivity index (χ0v) is 16.6. The van der Waals surface area contributed by atoms with Crippen LogP contribution >= 0.6 is 0 Å². The van der Waals surface area contributed by atoms with Gasteiger partial charge in [-0.3, -0.25) is 9.35 Å². The number of rotatable bonds is 2. The van der Waals surface area contributed by atoms with Gasteiger partial charge in [-0.15, -0.1) is 0 Å². The van der Waals surface area contributed by atoms with Crippen molar-refractivity contribution >= 4 is 21.9 Å². The molecule has 5 atom stereocenters. The fourth-order valence-electron chi connectivity index (χ4n) is 6.14. The van der Waals surface area contributed by atoms with Crippen molar-refractivity contribution in [3.8, 4) is 0 Å². The largest absolute Gasteiger partial charge is 0.393 e. The Hall–Kier alpha value is -1.44. The highest BCUT2D eigenvalue weighted by molar-refractivity contribution is 7.88. The van der Waals surface area contributed by atoms with E-state index in [2.05, 4.69) is 6.92 Å². The Morgan fingerprint density at radius 3 is 2.63 bits per heavy atom. The van der Waals surface area contributed by atoms with Gasteiger partial charge in [0.25, 0.3) is 0 Å². The van der Waals surface area contributed by atoms with E-state index in [9.17, 15) is 22.9 Å². The number of nitrogens with zero attached hydrogens (tertiary/aromatic N) is 1. The summed E-state index contributed by atoms with van der Waals surface area (Å²) >= 11 is 0. The second-order valence-corrected chi connectivity index (χ2v) is 9.96. The maximum atomic E-state index is 11.7. The Kier molecular flexibility index (Phi) is 4.40. The molecule has 7 heteroatoms. The van der Waals surface area contributed by atoms with Crippen molar-refractivity contribution < 1.29 is 22.9 Å². The van der Waals surface area contributed by atoms with Gasteiger partial charge in [0, 0.05) is 6.92 Å². The molecule has 2 N–H and O–H groups in total. The van der Waals surface area contributed by atoms with Crippen molar-refractivity contribution in [2.24, 2.45) is 17.3 Å². The lowest BCUT2D eigenvalue weighted by atomic mass is 9.55. The lowest BCUT2D eigenvalue weighted by Gasteiger charge is -2.50. The van der Waals surface area contributed by atoms with E-state index in [1.807, 2.05) is 6.07 Å². The number of hydrogen-bond acceptors (Lipinski definition) is 4. The number of fused-ring (bicyclic) bond motifs is 5. The molecule has 0 aromatic heterocycles. The van der Waals surface area contributed by atoms with Crippen LogP contribution in [0.3, 0.4) is 0 Å². The lowest BCUT2D eigenvalue weighted by molar-refractivity contribution is -0.115. The summed E-state index contributed by atoms with van der Waals surface area (Å²) in [6.07, 6.45) is 5.63. The Bertz CT molecular complexity index is 882. The van der Waals surface area contributed by atoms with Crippen molar-refractivity contribution in [3.63, 3.8) is 0 Å². The van der Waals surface area contributed by atoms with Crippen LogP contribution in [0.1, 0.15) is 63.0 Å². The first kappa shape index (κ1) is 18.9. The molecule has 148 valence electrons. The number of aliphatic hydroxyl groups is 1. The standard InChI is InChI=1S/C20H27NO5S/c1-12(22)21(27(24,25)26)14-4-6-15-13(11-14)3-5-17-16(15)9-10-20(2)18(17)7-8-19(20)23/h4,6,11,16-19,23H,3,5,7-10H2,1-2H3,(H,24,25,26)/t16?,17?,18?,19-,20-/m0/s1. The van der Waals surface area contributed by atoms with E-state index in [0.717, 1.165) is 51.0 Å². The lowest BCUT2D eigenvalue weighted by Crippen LogP contribution is -2.44. The number of carbonyl (C=O) groups is 1. The molecular formula is C20H27NO5S. The third kappa shape index (κ3) is 2.91. The molecule has 0 aliphatic heterocycles. The first-order valence-corrected chi connectivity index (χ1v) is 11.1. The van der Waals surface area contributed by atoms with Gasteiger partial charge in [0.2, 0.25) is 5.91 Å². The summed E-state index contributed by atoms with van der Waals surface area (Å²) in [6, 6.07) is 5.28. The minimum absolute atomic E-state index is 0.0228. The second-order valence-electron chi connectivity index (χ2n) is 8.70. The Morgan fingerprint density at radius 2 is 1.96 bits per heavy atom. The second kappa shape index (κ2) is 6.29. The van der Waals surface area contributed by atoms with Crippen LogP contribution in [0.2, 0.25) is 0 Å². The number of benzene rings is 1. The van der Waals surface area contributed by atoms with Gasteiger partial charge in [-0.2, -0.15) is 12.7 Å². The molecule has 2 fully saturated rings. The molecule has 1 aromatic rings. The van der Waals surface area contributed by atoms with Crippen LogP contribution in [0.25, 0.3) is 0 Å². The molecule has 0 bridgehead atoms. The minimum atomic E-state index is -4.64. The van der Waals surface area contributed by atoms with Crippen molar-refractivity contribution in [3.05, 3.63) is 29.3 Å². The summed E-state index contributed by atoms with van der Waals surface area (Å²) in [5.41, 5.74) is 2.51. The predicted molar refractivity (Wildman–Crippen MR) is 102 cm³/mol. The third-order valence-electron chi connectivity index (χ3n) is 7.41. The molecule has 0 spiro atoms. The highest BCUT2D eigenvalue weighted by atomic mass is 32.2. The normalized spacial score (nSPS) is 35.1. The van der Waals surface area contributed by atoms with E-state index >= 15 is 0 Å². The highest BCUT2D eigenvalue weighted by Crippen LogP contribution is 2.60. The zero-order chi connectivity index (χ0) is 19.6. The average Bonchev–Trinajstić information content (AvgIpc) is 2.88. The van der Waals surface area contributed by atoms with Crippen molar-refractivity contribution in [1.82, 2.24) is 0 Å². The molecule has 0 heterocycles. The van der Waals surface area contributed by atoms with Crippen LogP contribution in [-0.2, 0) is 21.5 Å². The van der Waals surface area contributed by atoms with Crippen LogP contribution < -0.4 is 4.31 Å². The molecule has 1 amide bonds. The number of anilines is 1. The third-order valence-corrected chi connectivity index (χ3v) is 8.34. The van der Waals surface area contributed by atoms with Gasteiger partial charge >= 0.3 is 10.3 Å². The molecule has 3 unspecified atom stereocenters. The van der Waals surface area contributed by atoms with E-state index in [0.29, 0.717) is 22.1 Å². The van der Waals surface area contributed by atoms with E-state index in [1.165, 1.54) is 5.56 Å². The van der Waals surface area contributed by atoms with Gasteiger partial charge in [0.15, 0.2) is 0 Å². The SMILES string of the molecule is CC(=O)N(c1ccc2c(c1)CCC1C2CC[C@@]2(C)C1CC[C@@H]2O)S(=O)(=O)O. The topological polar surface area (TPSA) is 94.9 Å². The molecule has 0 saturated heterocycles. The zero-order valence-electron chi connectivity index (χ0n) is 15.8. The summed E-state index contributed by atoms with van der Waals surface area (Å²) in [7, 11) is -4.64. The Morgan fingerprint density at radius 1 is 1.22 bits per heavy atom. The van der Waals surface area contributed by atoms with Gasteiger partial charge in [-0.05, 0) is 85.0 Å². The quantitative estimate of drug-likeness (QED) is 0.753. The number of aryl methyl sites for hydroxylation is 1. The predicted octanol–water partition coefficient (Wildman–Crippen LogP) is 3.06. The minimum Gasteiger partial charge on any atom is -0.393 e. The first-order chi connectivity index (χ1) is 12.6. The molecule has 3 aliphatic carbocycles. The maximum absolute atomic E-state index is 11.7. The number of aliphatic hydroxyl groups excluding tert-OH is 1. The molecule has 27 heavy (non-hydrogen) atoms. The number of hydrogen-bond donors (Lipinski definition) is 2. The Labute approximate surface area is 160 Å². The number of carbonyl (C=O) groups excluding carboxylic acids is 1. The van der Waals surface area contributed by atoms with Crippen molar-refractivity contribution in [2.75, 3.05) is 4.31 Å². The molecule has 6 nitrogen and oxygen atoms in total. The van der Waals surface area contributed by atoms with Gasteiger partial charge in [-0.25, -0.2) is 0 Å². The van der Waals surface area contributed by atoms with E-state index in [-0.39, 0.29) is 17.2 Å². The van der Waals surface area contributed by atoms with Crippen LogP contribution in [0.4, 0.5) is 5.69 Å². The van der Waals surface area contributed by atoms with Gasteiger partial charge < -0.3 is 5.11 Å². The molecule has 3 aliphatic rings. The van der Waals surface area contributed by atoms with Crippen LogP contribution in [0, 0.1) is 17.3 Å². The smallest absolute Gasteiger partial charge is 0.366 e. The van der Waals surface area contributed by atoms with E-state index in [1.54, 1.807) is 12.1 Å². The maximum Gasteiger partial charge on any atom is 0.366 e. The summed E-state index contributed by atoms with van der Waals surface area (Å²) in [5, 5.41) is 10.5. The average molecular weight is 394 g/mol. The Balaban J connectivity index is 1.68. The van der Waals surface area contributed by atoms with Crippen molar-refractivity contribution in [2.45, 2.75) is 64.4 Å². The summed E-state index contributed by atoms with van der Waals surface area (Å²) < 4.78 is 33.0. The van der Waals surface area contributed by atoms with Gasteiger partial charge in [0.05, 0.1) is 11.8 Å². The van der Waals surface area contributed by atoms with Crippen LogP contribution in [0.5, 0.6) is 0 Å². The van der Waals surface area contributed by atoms with Gasteiger partial charge in [-0.1, -0.05) is 13.0 Å². The summed E-state index contributed by atoms with van der Waals surface area (Å²) in [4.78, 5) is 11.7. The summed E-state index contributed by atoms with van der Waals surface area (Å²) in [5.74, 6) is 0.762. The molecule has 1 aromatic carbocycles. The number of amides is 1. The van der Waals surface area contributed by atoms with Crippen molar-refractivity contribution in [1.29, 1.82) is 0 Å². The highest BCUT2D eigenvalue weighted by Gasteiger charge is 2.54. The molecule has 2 saturated carbocycles. The fourth-order valence-corrected chi connectivity index (χ4v) is 6.85. The fraction of sp³-hybridized carbons (Fsp3) is 0.650. The van der Waals surface area contributed by atoms with Crippen LogP contribution in [-0.4, -0.2) is 30.1 Å². The monoisotopic (exact) mass is 393 g/mol. The molecule has 4 rings (SSSR count). The van der Waals surface area contributed by atoms with Crippen LogP contribution in [0.15, 0.2) is 18.2 Å². The van der Waals surface area contributed by atoms with Gasteiger partial charge in [0.1, 0.15) is 0 Å².